The van der Waals surface area contributed by atoms with E-state index in [2.05, 4.69) is 10.0 Å². The number of nitrogens with two attached hydrogens (primary N) is 1. The van der Waals surface area contributed by atoms with Crippen LogP contribution in [0.25, 0.3) is 10.4 Å². The Bertz CT molecular complexity index is 367. The van der Waals surface area contributed by atoms with Gasteiger partial charge in [0.05, 0.1) is 45.7 Å². The van der Waals surface area contributed by atoms with Gasteiger partial charge in [0.1, 0.15) is 18.3 Å². The Hall–Kier alpha value is -1.01. The van der Waals surface area contributed by atoms with Crippen molar-refractivity contribution in [2.24, 2.45) is 10.8 Å². The lowest BCUT2D eigenvalue weighted by atomic mass is 9.98. The molecule has 0 aromatic carbocycles. The second-order valence-electron chi connectivity index (χ2n) is 4.83. The van der Waals surface area contributed by atoms with E-state index in [9.17, 15) is 10.2 Å². The zero-order chi connectivity index (χ0) is 17.1. The topological polar surface area (TPSA) is 172 Å². The summed E-state index contributed by atoms with van der Waals surface area (Å²) in [5.41, 5.74) is 13.8. The average Bonchev–Trinajstić information content (AvgIpc) is 2.56. The highest BCUT2D eigenvalue weighted by atomic mass is 16.7. The van der Waals surface area contributed by atoms with Gasteiger partial charge >= 0.3 is 0 Å². The normalized spacial score (nSPS) is 30.9. The van der Waals surface area contributed by atoms with Crippen molar-refractivity contribution >= 4 is 0 Å². The molecule has 0 amide bonds. The van der Waals surface area contributed by atoms with Gasteiger partial charge in [-0.3, -0.25) is 0 Å². The molecule has 5 atom stereocenters. The van der Waals surface area contributed by atoms with Crippen LogP contribution >= 0.6 is 0 Å². The summed E-state index contributed by atoms with van der Waals surface area (Å²) in [6.07, 6.45) is -4.38. The number of azide groups is 1. The Morgan fingerprint density at radius 3 is 2.39 bits per heavy atom. The van der Waals surface area contributed by atoms with Crippen molar-refractivity contribution in [3.8, 4) is 0 Å². The van der Waals surface area contributed by atoms with Crippen LogP contribution in [0.4, 0.5) is 0 Å². The molecule has 0 aromatic heterocycles. The van der Waals surface area contributed by atoms with E-state index in [-0.39, 0.29) is 19.8 Å². The molecule has 5 N–H and O–H groups in total. The van der Waals surface area contributed by atoms with Crippen LogP contribution in [0.15, 0.2) is 5.11 Å². The first-order valence-electron chi connectivity index (χ1n) is 7.27. The maximum atomic E-state index is 9.76. The van der Waals surface area contributed by atoms with Gasteiger partial charge in [0.15, 0.2) is 6.29 Å². The van der Waals surface area contributed by atoms with Crippen LogP contribution in [0.5, 0.6) is 0 Å². The largest absolute Gasteiger partial charge is 0.394 e. The van der Waals surface area contributed by atoms with E-state index in [1.165, 1.54) is 0 Å². The average molecular weight is 336 g/mol. The highest BCUT2D eigenvalue weighted by molar-refractivity contribution is 4.91. The minimum atomic E-state index is -1.26. The number of aliphatic hydroxyl groups excluding tert-OH is 3. The van der Waals surface area contributed by atoms with Crippen LogP contribution in [-0.2, 0) is 18.9 Å². The Morgan fingerprint density at radius 1 is 1.09 bits per heavy atom. The van der Waals surface area contributed by atoms with Crippen molar-refractivity contribution < 1.29 is 34.3 Å². The highest BCUT2D eigenvalue weighted by Crippen LogP contribution is 2.20. The first-order valence-corrected chi connectivity index (χ1v) is 7.27. The van der Waals surface area contributed by atoms with E-state index in [1.54, 1.807) is 0 Å². The summed E-state index contributed by atoms with van der Waals surface area (Å²) in [6, 6.07) is -0.920. The van der Waals surface area contributed by atoms with Crippen LogP contribution in [0.1, 0.15) is 0 Å². The molecule has 1 aliphatic rings. The van der Waals surface area contributed by atoms with Crippen LogP contribution in [0.3, 0.4) is 0 Å². The Labute approximate surface area is 133 Å². The molecule has 0 saturated carbocycles. The summed E-state index contributed by atoms with van der Waals surface area (Å²) in [4.78, 5) is 2.59. The fraction of sp³-hybridized carbons (Fsp3) is 1.00. The van der Waals surface area contributed by atoms with Gasteiger partial charge in [0.25, 0.3) is 0 Å². The molecule has 1 saturated heterocycles. The quantitative estimate of drug-likeness (QED) is 0.147. The van der Waals surface area contributed by atoms with Crippen molar-refractivity contribution in [1.29, 1.82) is 0 Å². The molecule has 0 radical (unpaired) electrons. The highest BCUT2D eigenvalue weighted by Gasteiger charge is 2.42. The van der Waals surface area contributed by atoms with Gasteiger partial charge in [-0.2, -0.15) is 0 Å². The summed E-state index contributed by atoms with van der Waals surface area (Å²) in [5, 5.41) is 31.8. The van der Waals surface area contributed by atoms with E-state index in [0.717, 1.165) is 0 Å². The second kappa shape index (κ2) is 11.5. The molecule has 0 spiro atoms. The third kappa shape index (κ3) is 6.96. The summed E-state index contributed by atoms with van der Waals surface area (Å²) in [5.74, 6) is 0. The summed E-state index contributed by atoms with van der Waals surface area (Å²) >= 11 is 0. The molecule has 1 aliphatic heterocycles. The van der Waals surface area contributed by atoms with Crippen LogP contribution < -0.4 is 5.73 Å². The van der Waals surface area contributed by atoms with Crippen LogP contribution in [0, 0.1) is 0 Å². The molecule has 1 heterocycles. The predicted molar refractivity (Wildman–Crippen MR) is 77.3 cm³/mol. The first-order chi connectivity index (χ1) is 11.1. The molecular weight excluding hydrogens is 312 g/mol. The van der Waals surface area contributed by atoms with E-state index >= 15 is 0 Å². The van der Waals surface area contributed by atoms with Crippen molar-refractivity contribution in [2.45, 2.75) is 30.6 Å². The monoisotopic (exact) mass is 336 g/mol. The third-order valence-corrected chi connectivity index (χ3v) is 3.21. The molecule has 0 bridgehead atoms. The standard InChI is InChI=1S/C12H24N4O7/c13-9-11(19)10(18)8(7-17)23-12(9)22-6-5-21-4-3-20-2-1-15-16-14/h8-12,17-19H,1-7,13H2. The van der Waals surface area contributed by atoms with E-state index in [4.69, 9.17) is 35.3 Å². The smallest absolute Gasteiger partial charge is 0.175 e. The summed E-state index contributed by atoms with van der Waals surface area (Å²) < 4.78 is 21.0. The van der Waals surface area contributed by atoms with Crippen molar-refractivity contribution in [3.63, 3.8) is 0 Å². The maximum absolute atomic E-state index is 9.76. The summed E-state index contributed by atoms with van der Waals surface area (Å²) in [7, 11) is 0. The number of aliphatic hydroxyl groups is 3. The Morgan fingerprint density at radius 2 is 1.74 bits per heavy atom. The van der Waals surface area contributed by atoms with E-state index in [1.807, 2.05) is 0 Å². The minimum Gasteiger partial charge on any atom is -0.394 e. The molecule has 0 aromatic rings. The van der Waals surface area contributed by atoms with Crippen LogP contribution in [-0.4, -0.2) is 92.1 Å². The molecule has 11 nitrogen and oxygen atoms in total. The lowest BCUT2D eigenvalue weighted by Crippen LogP contribution is -2.62. The molecule has 1 fully saturated rings. The zero-order valence-corrected chi connectivity index (χ0v) is 12.7. The maximum Gasteiger partial charge on any atom is 0.175 e. The lowest BCUT2D eigenvalue weighted by Gasteiger charge is -2.40. The third-order valence-electron chi connectivity index (χ3n) is 3.21. The predicted octanol–water partition coefficient (Wildman–Crippen LogP) is -1.89. The number of rotatable bonds is 11. The Balaban J connectivity index is 2.09. The molecule has 134 valence electrons. The van der Waals surface area contributed by atoms with Gasteiger partial charge in [-0.05, 0) is 5.53 Å². The van der Waals surface area contributed by atoms with Gasteiger partial charge in [0, 0.05) is 11.5 Å². The van der Waals surface area contributed by atoms with E-state index in [0.29, 0.717) is 19.8 Å². The SMILES string of the molecule is [N-]=[N+]=NCCOCCOCCOC1OC(CO)C(O)C(O)C1N. The fourth-order valence-electron chi connectivity index (χ4n) is 1.95. The number of hydrogen-bond donors (Lipinski definition) is 4. The summed E-state index contributed by atoms with van der Waals surface area (Å²) in [6.45, 7) is 1.28. The molecule has 1 rings (SSSR count). The van der Waals surface area contributed by atoms with Crippen LogP contribution in [0.2, 0.25) is 0 Å². The van der Waals surface area contributed by atoms with Gasteiger partial charge < -0.3 is 40.0 Å². The van der Waals surface area contributed by atoms with Gasteiger partial charge in [-0.25, -0.2) is 0 Å². The minimum absolute atomic E-state index is 0.165. The number of hydrogen-bond acceptors (Lipinski definition) is 9. The van der Waals surface area contributed by atoms with Gasteiger partial charge in [-0.15, -0.1) is 0 Å². The lowest BCUT2D eigenvalue weighted by molar-refractivity contribution is -0.267. The number of nitrogens with zero attached hydrogens (tertiary/aromatic N) is 3. The molecule has 5 unspecified atom stereocenters. The number of ether oxygens (including phenoxy) is 4. The molecule has 11 heteroatoms. The Kier molecular flexibility index (Phi) is 10.0. The second-order valence-corrected chi connectivity index (χ2v) is 4.83. The fourth-order valence-corrected chi connectivity index (χ4v) is 1.95. The molecular formula is C12H24N4O7. The molecule has 23 heavy (non-hydrogen) atoms. The molecule has 0 aliphatic carbocycles. The van der Waals surface area contributed by atoms with E-state index < -0.39 is 37.3 Å². The van der Waals surface area contributed by atoms with Gasteiger partial charge in [0.2, 0.25) is 0 Å². The van der Waals surface area contributed by atoms with Crippen molar-refractivity contribution in [3.05, 3.63) is 10.4 Å². The first kappa shape index (κ1) is 20.0. The van der Waals surface area contributed by atoms with Gasteiger partial charge in [-0.1, -0.05) is 5.11 Å². The van der Waals surface area contributed by atoms with Crippen molar-refractivity contribution in [2.75, 3.05) is 46.2 Å². The zero-order valence-electron chi connectivity index (χ0n) is 12.7. The van der Waals surface area contributed by atoms with Crippen molar-refractivity contribution in [1.82, 2.24) is 0 Å².